The molecule has 0 spiro atoms. The van der Waals surface area contributed by atoms with Gasteiger partial charge in [0.05, 0.1) is 6.10 Å². The molecule has 0 amide bonds. The summed E-state index contributed by atoms with van der Waals surface area (Å²) < 4.78 is 5.49. The van der Waals surface area contributed by atoms with Crippen LogP contribution in [-0.4, -0.2) is 32.1 Å². The van der Waals surface area contributed by atoms with Crippen LogP contribution in [0, 0.1) is 5.41 Å². The van der Waals surface area contributed by atoms with Crippen molar-refractivity contribution in [1.82, 2.24) is 0 Å². The Hall–Kier alpha value is -1.55. The van der Waals surface area contributed by atoms with Crippen LogP contribution >= 0.6 is 0 Å². The highest BCUT2D eigenvalue weighted by Crippen LogP contribution is 2.27. The van der Waals surface area contributed by atoms with Crippen molar-refractivity contribution in [3.63, 3.8) is 0 Å². The SMILES string of the molecule is COC1CCCC(N(C)c2ccc(C(=N)N)cc2)C1. The molecule has 0 aliphatic heterocycles. The van der Waals surface area contributed by atoms with Gasteiger partial charge in [-0.15, -0.1) is 0 Å². The minimum Gasteiger partial charge on any atom is -0.384 e. The first-order chi connectivity index (χ1) is 9.11. The van der Waals surface area contributed by atoms with E-state index < -0.39 is 0 Å². The number of nitrogens with one attached hydrogen (secondary N) is 1. The van der Waals surface area contributed by atoms with E-state index in [1.54, 1.807) is 7.11 Å². The van der Waals surface area contributed by atoms with Gasteiger partial charge in [-0.1, -0.05) is 0 Å². The highest BCUT2D eigenvalue weighted by molar-refractivity contribution is 5.95. The molecule has 1 aromatic rings. The minimum absolute atomic E-state index is 0.117. The molecule has 1 aliphatic rings. The quantitative estimate of drug-likeness (QED) is 0.646. The monoisotopic (exact) mass is 261 g/mol. The van der Waals surface area contributed by atoms with Gasteiger partial charge in [0.15, 0.2) is 0 Å². The second-order valence-electron chi connectivity index (χ2n) is 5.25. The Morgan fingerprint density at radius 1 is 1.32 bits per heavy atom. The van der Waals surface area contributed by atoms with Crippen molar-refractivity contribution >= 4 is 11.5 Å². The third-order valence-electron chi connectivity index (χ3n) is 4.07. The number of nitrogen functional groups attached to an aromatic ring is 1. The normalized spacial score (nSPS) is 23.1. The molecule has 19 heavy (non-hydrogen) atoms. The summed E-state index contributed by atoms with van der Waals surface area (Å²) in [6, 6.07) is 8.41. The standard InChI is InChI=1S/C15H23N3O/c1-18(13-4-3-5-14(10-13)19-2)12-8-6-11(7-9-12)15(16)17/h6-9,13-14H,3-5,10H2,1-2H3,(H3,16,17). The van der Waals surface area contributed by atoms with Crippen LogP contribution in [0.15, 0.2) is 24.3 Å². The van der Waals surface area contributed by atoms with E-state index in [4.69, 9.17) is 15.9 Å². The summed E-state index contributed by atoms with van der Waals surface area (Å²) in [7, 11) is 3.93. The zero-order valence-electron chi connectivity index (χ0n) is 11.7. The van der Waals surface area contributed by atoms with Crippen molar-refractivity contribution in [2.24, 2.45) is 5.73 Å². The van der Waals surface area contributed by atoms with Crippen LogP contribution in [0.3, 0.4) is 0 Å². The molecule has 1 fully saturated rings. The number of nitrogens with zero attached hydrogens (tertiary/aromatic N) is 1. The first-order valence-electron chi connectivity index (χ1n) is 6.82. The molecule has 1 aromatic carbocycles. The van der Waals surface area contributed by atoms with Gasteiger partial charge in [0.2, 0.25) is 0 Å². The predicted octanol–water partition coefficient (Wildman–Crippen LogP) is 2.36. The van der Waals surface area contributed by atoms with Crippen molar-refractivity contribution in [3.8, 4) is 0 Å². The molecule has 0 bridgehead atoms. The molecule has 0 radical (unpaired) electrons. The van der Waals surface area contributed by atoms with Gasteiger partial charge in [-0.05, 0) is 49.9 Å². The molecule has 1 aliphatic carbocycles. The summed E-state index contributed by atoms with van der Waals surface area (Å²) in [5.74, 6) is 0.117. The molecule has 2 atom stereocenters. The van der Waals surface area contributed by atoms with Crippen molar-refractivity contribution in [2.45, 2.75) is 37.8 Å². The number of methoxy groups -OCH3 is 1. The molecule has 2 rings (SSSR count). The van der Waals surface area contributed by atoms with Crippen LogP contribution in [-0.2, 0) is 4.74 Å². The smallest absolute Gasteiger partial charge is 0.122 e. The Labute approximate surface area is 115 Å². The molecular weight excluding hydrogens is 238 g/mol. The lowest BCUT2D eigenvalue weighted by atomic mass is 9.91. The highest BCUT2D eigenvalue weighted by Gasteiger charge is 2.24. The molecular formula is C15H23N3O. The van der Waals surface area contributed by atoms with E-state index in [-0.39, 0.29) is 5.84 Å². The molecule has 0 saturated heterocycles. The summed E-state index contributed by atoms with van der Waals surface area (Å²) in [5, 5.41) is 7.41. The van der Waals surface area contributed by atoms with Crippen LogP contribution in [0.2, 0.25) is 0 Å². The van der Waals surface area contributed by atoms with E-state index in [1.807, 2.05) is 24.3 Å². The number of anilines is 1. The molecule has 0 aromatic heterocycles. The molecule has 104 valence electrons. The van der Waals surface area contributed by atoms with E-state index >= 15 is 0 Å². The van der Waals surface area contributed by atoms with Gasteiger partial charge >= 0.3 is 0 Å². The Bertz CT molecular complexity index is 430. The largest absolute Gasteiger partial charge is 0.384 e. The number of nitrogens with two attached hydrogens (primary N) is 1. The average Bonchev–Trinajstić information content (AvgIpc) is 2.46. The van der Waals surface area contributed by atoms with E-state index in [0.29, 0.717) is 12.1 Å². The van der Waals surface area contributed by atoms with Crippen molar-refractivity contribution in [1.29, 1.82) is 5.41 Å². The molecule has 2 unspecified atom stereocenters. The predicted molar refractivity (Wildman–Crippen MR) is 78.9 cm³/mol. The molecule has 4 nitrogen and oxygen atoms in total. The van der Waals surface area contributed by atoms with Crippen molar-refractivity contribution in [2.75, 3.05) is 19.1 Å². The Morgan fingerprint density at radius 3 is 2.58 bits per heavy atom. The average molecular weight is 261 g/mol. The lowest BCUT2D eigenvalue weighted by Crippen LogP contribution is -2.38. The summed E-state index contributed by atoms with van der Waals surface area (Å²) in [6.07, 6.45) is 5.08. The fourth-order valence-electron chi connectivity index (χ4n) is 2.77. The fraction of sp³-hybridized carbons (Fsp3) is 0.533. The third kappa shape index (κ3) is 3.26. The maximum absolute atomic E-state index is 7.41. The Morgan fingerprint density at radius 2 is 2.00 bits per heavy atom. The van der Waals surface area contributed by atoms with Crippen LogP contribution < -0.4 is 10.6 Å². The summed E-state index contributed by atoms with van der Waals surface area (Å²) >= 11 is 0. The van der Waals surface area contributed by atoms with E-state index in [1.165, 1.54) is 24.9 Å². The fourth-order valence-corrected chi connectivity index (χ4v) is 2.77. The van der Waals surface area contributed by atoms with Gasteiger partial charge in [-0.25, -0.2) is 0 Å². The van der Waals surface area contributed by atoms with Crippen molar-refractivity contribution in [3.05, 3.63) is 29.8 Å². The lowest BCUT2D eigenvalue weighted by Gasteiger charge is -2.36. The number of hydrogen-bond acceptors (Lipinski definition) is 3. The second-order valence-corrected chi connectivity index (χ2v) is 5.25. The van der Waals surface area contributed by atoms with Crippen LogP contribution in [0.25, 0.3) is 0 Å². The summed E-state index contributed by atoms with van der Waals surface area (Å²) in [4.78, 5) is 2.31. The zero-order valence-corrected chi connectivity index (χ0v) is 11.7. The van der Waals surface area contributed by atoms with Gasteiger partial charge in [0.25, 0.3) is 0 Å². The Kier molecular flexibility index (Phi) is 4.43. The van der Waals surface area contributed by atoms with Gasteiger partial charge < -0.3 is 15.4 Å². The summed E-state index contributed by atoms with van der Waals surface area (Å²) in [6.45, 7) is 0. The first-order valence-corrected chi connectivity index (χ1v) is 6.82. The van der Waals surface area contributed by atoms with Gasteiger partial charge in [-0.2, -0.15) is 0 Å². The van der Waals surface area contributed by atoms with Gasteiger partial charge in [0.1, 0.15) is 5.84 Å². The Balaban J connectivity index is 2.06. The topological polar surface area (TPSA) is 62.3 Å². The second kappa shape index (κ2) is 6.06. The van der Waals surface area contributed by atoms with Crippen molar-refractivity contribution < 1.29 is 4.74 Å². The maximum atomic E-state index is 7.41. The first kappa shape index (κ1) is 13.9. The third-order valence-corrected chi connectivity index (χ3v) is 4.07. The zero-order chi connectivity index (χ0) is 13.8. The van der Waals surface area contributed by atoms with Gasteiger partial charge in [0, 0.05) is 31.5 Å². The molecule has 3 N–H and O–H groups in total. The number of hydrogen-bond donors (Lipinski definition) is 2. The van der Waals surface area contributed by atoms with Crippen LogP contribution in [0.4, 0.5) is 5.69 Å². The number of ether oxygens (including phenoxy) is 1. The molecule has 4 heteroatoms. The number of rotatable bonds is 4. The number of benzene rings is 1. The summed E-state index contributed by atoms with van der Waals surface area (Å²) in [5.41, 5.74) is 7.42. The van der Waals surface area contributed by atoms with E-state index in [9.17, 15) is 0 Å². The van der Waals surface area contributed by atoms with Crippen LogP contribution in [0.1, 0.15) is 31.2 Å². The van der Waals surface area contributed by atoms with Crippen LogP contribution in [0.5, 0.6) is 0 Å². The lowest BCUT2D eigenvalue weighted by molar-refractivity contribution is 0.0637. The highest BCUT2D eigenvalue weighted by atomic mass is 16.5. The van der Waals surface area contributed by atoms with E-state index in [0.717, 1.165) is 12.0 Å². The minimum atomic E-state index is 0.117. The van der Waals surface area contributed by atoms with E-state index in [2.05, 4.69) is 11.9 Å². The number of amidine groups is 1. The van der Waals surface area contributed by atoms with Gasteiger partial charge in [-0.3, -0.25) is 5.41 Å². The molecule has 1 saturated carbocycles. The molecule has 0 heterocycles. The maximum Gasteiger partial charge on any atom is 0.122 e.